The fraction of sp³-hybridized carbons (Fsp3) is 0.229. The van der Waals surface area contributed by atoms with Crippen molar-refractivity contribution in [2.45, 2.75) is 38.8 Å². The molecule has 0 saturated heterocycles. The van der Waals surface area contributed by atoms with Crippen molar-refractivity contribution < 1.29 is 9.63 Å². The number of ether oxygens (including phenoxy) is 1. The Balaban J connectivity index is 0.000000285. The standard InChI is InChI=1S/C20H23NO.C15H17NOP.H3P/c1-4-13-22-19-12-8-9-17(14-19)15-21-20(16(2)3)18-10-6-5-7-11-18;1-18(17)15(14-10-6-3-7-11-14)16-12-13-8-4-2-5-9-13;/h1,5-12,14,16,20-21H,13,15H2,2-3H3;2-11,15-17H,1,12H2;1H3/q;+1;. The van der Waals surface area contributed by atoms with Gasteiger partial charge in [0.25, 0.3) is 7.77 Å². The zero-order chi connectivity index (χ0) is 28.6. The van der Waals surface area contributed by atoms with Crippen LogP contribution >= 0.6 is 17.7 Å². The summed E-state index contributed by atoms with van der Waals surface area (Å²) >= 11 is 0. The van der Waals surface area contributed by atoms with Gasteiger partial charge in [-0.05, 0) is 34.7 Å². The number of hydrogen-bond donors (Lipinski definition) is 3. The summed E-state index contributed by atoms with van der Waals surface area (Å²) in [7, 11) is -1.30. The molecule has 0 fully saturated rings. The summed E-state index contributed by atoms with van der Waals surface area (Å²) in [6, 6.07) is 39.1. The molecule has 0 aliphatic carbocycles. The highest BCUT2D eigenvalue weighted by Crippen LogP contribution is 2.34. The first-order valence-corrected chi connectivity index (χ1v) is 15.1. The molecule has 6 heteroatoms. The smallest absolute Gasteiger partial charge is 0.267 e. The van der Waals surface area contributed by atoms with Crippen molar-refractivity contribution in [3.05, 3.63) is 138 Å². The van der Waals surface area contributed by atoms with Crippen LogP contribution in [0.4, 0.5) is 0 Å². The van der Waals surface area contributed by atoms with Gasteiger partial charge in [0.15, 0.2) is 0 Å². The van der Waals surface area contributed by atoms with E-state index in [0.717, 1.165) is 24.4 Å². The number of hydrogen-bond acceptors (Lipinski definition) is 4. The minimum absolute atomic E-state index is 0. The van der Waals surface area contributed by atoms with Crippen molar-refractivity contribution >= 4 is 24.0 Å². The Labute approximate surface area is 250 Å². The van der Waals surface area contributed by atoms with Crippen LogP contribution in [0.3, 0.4) is 0 Å². The maximum Gasteiger partial charge on any atom is 0.267 e. The largest absolute Gasteiger partial charge is 0.481 e. The SMILES string of the molecule is C#CCOc1cccc(CNC(c2ccccc2)C(C)C)c1.C=[P+](O)C(NCc1ccccc1)c1ccccc1.P. The molecule has 0 amide bonds. The lowest BCUT2D eigenvalue weighted by molar-refractivity contribution is 0.369. The van der Waals surface area contributed by atoms with Crippen LogP contribution in [0.1, 0.15) is 47.9 Å². The van der Waals surface area contributed by atoms with Gasteiger partial charge in [0.2, 0.25) is 5.78 Å². The van der Waals surface area contributed by atoms with Gasteiger partial charge in [-0.25, -0.2) is 0 Å². The Kier molecular flexibility index (Phi) is 15.7. The highest BCUT2D eigenvalue weighted by atomic mass is 31.1. The number of benzene rings is 4. The lowest BCUT2D eigenvalue weighted by Gasteiger charge is -2.23. The predicted octanol–water partition coefficient (Wildman–Crippen LogP) is 7.54. The van der Waals surface area contributed by atoms with Crippen molar-refractivity contribution in [3.8, 4) is 18.1 Å². The fourth-order valence-electron chi connectivity index (χ4n) is 4.34. The van der Waals surface area contributed by atoms with E-state index in [1.165, 1.54) is 16.7 Å². The van der Waals surface area contributed by atoms with Gasteiger partial charge in [0.05, 0.1) is 0 Å². The Morgan fingerprint density at radius 1 is 0.780 bits per heavy atom. The van der Waals surface area contributed by atoms with Gasteiger partial charge < -0.3 is 10.1 Å². The van der Waals surface area contributed by atoms with Gasteiger partial charge >= 0.3 is 0 Å². The molecule has 0 radical (unpaired) electrons. The number of rotatable bonds is 12. The Morgan fingerprint density at radius 3 is 1.88 bits per heavy atom. The molecule has 0 saturated carbocycles. The van der Waals surface area contributed by atoms with E-state index in [1.54, 1.807) is 0 Å². The molecule has 0 aromatic heterocycles. The van der Waals surface area contributed by atoms with Crippen molar-refractivity contribution in [1.29, 1.82) is 0 Å². The van der Waals surface area contributed by atoms with Crippen LogP contribution in [0.2, 0.25) is 0 Å². The third-order valence-electron chi connectivity index (χ3n) is 6.33. The van der Waals surface area contributed by atoms with Crippen molar-refractivity contribution in [2.75, 3.05) is 6.61 Å². The van der Waals surface area contributed by atoms with E-state index in [4.69, 9.17) is 11.2 Å². The molecule has 214 valence electrons. The molecular formula is C35H43N2O2P2+. The first kappa shape index (κ1) is 33.9. The Hall–Kier alpha value is -3.28. The summed E-state index contributed by atoms with van der Waals surface area (Å²) in [4.78, 5) is 9.83. The Bertz CT molecular complexity index is 1330. The molecule has 4 aromatic carbocycles. The molecule has 0 heterocycles. The summed E-state index contributed by atoms with van der Waals surface area (Å²) in [6.07, 6.45) is 9.01. The minimum Gasteiger partial charge on any atom is -0.481 e. The van der Waals surface area contributed by atoms with Gasteiger partial charge in [-0.15, -0.1) is 6.42 Å². The van der Waals surface area contributed by atoms with Crippen LogP contribution < -0.4 is 15.4 Å². The van der Waals surface area contributed by atoms with Crippen LogP contribution in [0, 0.1) is 18.3 Å². The second-order valence-corrected chi connectivity index (χ2v) is 11.2. The zero-order valence-electron chi connectivity index (χ0n) is 24.1. The highest BCUT2D eigenvalue weighted by Gasteiger charge is 2.22. The predicted molar refractivity (Wildman–Crippen MR) is 181 cm³/mol. The van der Waals surface area contributed by atoms with Gasteiger partial charge in [-0.2, -0.15) is 14.8 Å². The van der Waals surface area contributed by atoms with E-state index in [0.29, 0.717) is 18.6 Å². The second kappa shape index (κ2) is 19.0. The highest BCUT2D eigenvalue weighted by molar-refractivity contribution is 7.50. The molecule has 4 atom stereocenters. The van der Waals surface area contributed by atoms with E-state index >= 15 is 0 Å². The molecule has 41 heavy (non-hydrogen) atoms. The normalized spacial score (nSPS) is 12.1. The third-order valence-corrected chi connectivity index (χ3v) is 7.40. The third kappa shape index (κ3) is 12.0. The molecule has 4 nitrogen and oxygen atoms in total. The fourth-order valence-corrected chi connectivity index (χ4v) is 5.16. The van der Waals surface area contributed by atoms with Crippen molar-refractivity contribution in [2.24, 2.45) is 5.92 Å². The molecule has 4 unspecified atom stereocenters. The molecule has 4 aromatic rings. The van der Waals surface area contributed by atoms with Crippen LogP contribution in [0.5, 0.6) is 5.75 Å². The van der Waals surface area contributed by atoms with Crippen molar-refractivity contribution in [3.63, 3.8) is 0 Å². The van der Waals surface area contributed by atoms with Gasteiger partial charge in [0.1, 0.15) is 18.7 Å². The topological polar surface area (TPSA) is 53.5 Å². The van der Waals surface area contributed by atoms with Gasteiger partial charge in [0, 0.05) is 24.7 Å². The maximum atomic E-state index is 9.83. The van der Waals surface area contributed by atoms with Crippen molar-refractivity contribution in [1.82, 2.24) is 10.6 Å². The summed E-state index contributed by atoms with van der Waals surface area (Å²) in [5.41, 5.74) is 4.79. The summed E-state index contributed by atoms with van der Waals surface area (Å²) in [5, 5.41) is 7.01. The Morgan fingerprint density at radius 2 is 1.32 bits per heavy atom. The van der Waals surface area contributed by atoms with E-state index in [2.05, 4.69) is 79.2 Å². The summed E-state index contributed by atoms with van der Waals surface area (Å²) in [5.74, 6) is 3.74. The number of nitrogens with one attached hydrogen (secondary N) is 2. The second-order valence-electron chi connectivity index (χ2n) is 9.77. The molecule has 0 spiro atoms. The molecular weight excluding hydrogens is 542 g/mol. The van der Waals surface area contributed by atoms with E-state index in [9.17, 15) is 4.89 Å². The van der Waals surface area contributed by atoms with Crippen LogP contribution in [0.25, 0.3) is 0 Å². The molecule has 0 bridgehead atoms. The summed E-state index contributed by atoms with van der Waals surface area (Å²) in [6.45, 7) is 6.30. The first-order valence-electron chi connectivity index (χ1n) is 13.5. The maximum absolute atomic E-state index is 9.83. The van der Waals surface area contributed by atoms with E-state index in [-0.39, 0.29) is 15.7 Å². The van der Waals surface area contributed by atoms with Crippen LogP contribution in [0.15, 0.2) is 115 Å². The van der Waals surface area contributed by atoms with E-state index < -0.39 is 7.77 Å². The molecule has 4 rings (SSSR count). The monoisotopic (exact) mass is 585 g/mol. The minimum atomic E-state index is -1.30. The molecule has 3 N–H and O–H groups in total. The lowest BCUT2D eigenvalue weighted by atomic mass is 9.96. The first-order chi connectivity index (χ1) is 19.5. The average Bonchev–Trinajstić information content (AvgIpc) is 2.98. The summed E-state index contributed by atoms with van der Waals surface area (Å²) < 4.78 is 5.47. The van der Waals surface area contributed by atoms with Crippen LogP contribution in [-0.2, 0) is 13.1 Å². The van der Waals surface area contributed by atoms with Gasteiger partial charge in [-0.1, -0.05) is 123 Å². The quantitative estimate of drug-likeness (QED) is 0.119. The van der Waals surface area contributed by atoms with Gasteiger partial charge in [-0.3, -0.25) is 5.32 Å². The van der Waals surface area contributed by atoms with Crippen LogP contribution in [-0.4, -0.2) is 17.8 Å². The lowest BCUT2D eigenvalue weighted by Crippen LogP contribution is -2.25. The zero-order valence-corrected chi connectivity index (χ0v) is 26.4. The molecule has 0 aliphatic rings. The van der Waals surface area contributed by atoms with E-state index in [1.807, 2.05) is 72.8 Å². The molecule has 0 aliphatic heterocycles. The average molecular weight is 586 g/mol. The number of terminal acetylenes is 1.